The average Bonchev–Trinajstić information content (AvgIpc) is 3.43. The van der Waals surface area contributed by atoms with E-state index < -0.39 is 0 Å². The Hall–Kier alpha value is -3.52. The summed E-state index contributed by atoms with van der Waals surface area (Å²) in [6.07, 6.45) is 8.63. The number of hydrogen-bond acceptors (Lipinski definition) is 7. The maximum absolute atomic E-state index is 6.74. The van der Waals surface area contributed by atoms with Crippen LogP contribution in [0.4, 0.5) is 11.6 Å². The Morgan fingerprint density at radius 3 is 2.67 bits per heavy atom. The third-order valence-electron chi connectivity index (χ3n) is 7.49. The van der Waals surface area contributed by atoms with Crippen LogP contribution >= 0.6 is 0 Å². The van der Waals surface area contributed by atoms with Crippen molar-refractivity contribution < 1.29 is 0 Å². The monoisotopic (exact) mass is 440 g/mol. The lowest BCUT2D eigenvalue weighted by atomic mass is 9.73. The van der Waals surface area contributed by atoms with Crippen molar-refractivity contribution in [2.75, 3.05) is 30.4 Å². The summed E-state index contributed by atoms with van der Waals surface area (Å²) in [5.74, 6) is 1.83. The fourth-order valence-corrected chi connectivity index (χ4v) is 5.63. The second-order valence-electron chi connectivity index (χ2n) is 9.22. The largest absolute Gasteiger partial charge is 0.373 e. The number of hydrogen-bond donors (Lipinski definition) is 2. The summed E-state index contributed by atoms with van der Waals surface area (Å²) >= 11 is 0. The normalized spacial score (nSPS) is 19.2. The van der Waals surface area contributed by atoms with Crippen LogP contribution in [0.2, 0.25) is 0 Å². The highest BCUT2D eigenvalue weighted by Gasteiger charge is 2.46. The van der Waals surface area contributed by atoms with Crippen LogP contribution < -0.4 is 16.0 Å². The molecule has 1 fully saturated rings. The summed E-state index contributed by atoms with van der Waals surface area (Å²) < 4.78 is 2.00. The van der Waals surface area contributed by atoms with E-state index in [1.54, 1.807) is 0 Å². The Kier molecular flexibility index (Phi) is 4.58. The van der Waals surface area contributed by atoms with Gasteiger partial charge in [0.1, 0.15) is 11.3 Å². The lowest BCUT2D eigenvalue weighted by molar-refractivity contribution is 0.187. The minimum absolute atomic E-state index is 0.0588. The highest BCUT2D eigenvalue weighted by molar-refractivity contribution is 5.75. The zero-order valence-corrected chi connectivity index (χ0v) is 19.0. The Morgan fingerprint density at radius 2 is 1.94 bits per heavy atom. The van der Waals surface area contributed by atoms with E-state index >= 15 is 0 Å². The number of nitrogens with one attached hydrogen (secondary N) is 1. The molecule has 1 aliphatic carbocycles. The summed E-state index contributed by atoms with van der Waals surface area (Å²) in [5, 5.41) is 7.71. The first kappa shape index (κ1) is 20.1. The molecule has 5 heterocycles. The molecule has 2 aliphatic rings. The quantitative estimate of drug-likeness (QED) is 0.504. The third-order valence-corrected chi connectivity index (χ3v) is 7.49. The maximum Gasteiger partial charge on any atom is 0.155 e. The molecule has 3 N–H and O–H groups in total. The molecule has 168 valence electrons. The van der Waals surface area contributed by atoms with Gasteiger partial charge in [-0.15, -0.1) is 0 Å². The molecular formula is C25H28N8. The molecule has 0 radical (unpaired) electrons. The van der Waals surface area contributed by atoms with Crippen molar-refractivity contribution >= 4 is 17.2 Å². The van der Waals surface area contributed by atoms with Gasteiger partial charge in [-0.1, -0.05) is 6.07 Å². The van der Waals surface area contributed by atoms with Gasteiger partial charge in [0.2, 0.25) is 0 Å². The first-order valence-corrected chi connectivity index (χ1v) is 11.5. The molecule has 0 amide bonds. The molecule has 8 heteroatoms. The number of aryl methyl sites for hydroxylation is 1. The first-order chi connectivity index (χ1) is 16.1. The van der Waals surface area contributed by atoms with E-state index in [-0.39, 0.29) is 11.5 Å². The molecule has 0 saturated carbocycles. The third kappa shape index (κ3) is 3.08. The molecule has 6 rings (SSSR count). The summed E-state index contributed by atoms with van der Waals surface area (Å²) in [5.41, 5.74) is 13.2. The molecule has 8 nitrogen and oxygen atoms in total. The van der Waals surface area contributed by atoms with Gasteiger partial charge in [-0.3, -0.25) is 4.98 Å². The molecule has 0 unspecified atom stereocenters. The molecule has 1 aliphatic heterocycles. The van der Waals surface area contributed by atoms with Gasteiger partial charge in [0.15, 0.2) is 5.82 Å². The maximum atomic E-state index is 6.74. The van der Waals surface area contributed by atoms with Crippen LogP contribution in [0.5, 0.6) is 0 Å². The zero-order valence-electron chi connectivity index (χ0n) is 19.0. The van der Waals surface area contributed by atoms with Gasteiger partial charge < -0.3 is 16.0 Å². The Bertz CT molecular complexity index is 1320. The van der Waals surface area contributed by atoms with Crippen molar-refractivity contribution in [2.24, 2.45) is 11.1 Å². The minimum atomic E-state index is 0.0588. The lowest BCUT2D eigenvalue weighted by Gasteiger charge is -2.42. The smallest absolute Gasteiger partial charge is 0.155 e. The van der Waals surface area contributed by atoms with Crippen LogP contribution in [0.1, 0.15) is 35.8 Å². The molecule has 1 saturated heterocycles. The fourth-order valence-electron chi connectivity index (χ4n) is 5.63. The van der Waals surface area contributed by atoms with Crippen LogP contribution in [0, 0.1) is 12.3 Å². The summed E-state index contributed by atoms with van der Waals surface area (Å²) in [6.45, 7) is 3.89. The number of anilines is 2. The standard InChI is InChI=1S/C25H28N8/c1-16-22(17-5-6-21(27-2)29-15-17)33-20(7-11-30-33)24(31-16)32-12-8-25(9-13-32)14-19-18(23(25)26)4-3-10-28-19/h3-7,10-11,15,23H,8-9,12-14,26H2,1-2H3,(H,27,29)/t23-/m1/s1. The lowest BCUT2D eigenvalue weighted by Crippen LogP contribution is -2.44. The Labute approximate surface area is 192 Å². The molecule has 0 aromatic carbocycles. The summed E-state index contributed by atoms with van der Waals surface area (Å²) in [7, 11) is 1.87. The van der Waals surface area contributed by atoms with Crippen molar-refractivity contribution in [3.8, 4) is 11.3 Å². The summed E-state index contributed by atoms with van der Waals surface area (Å²) in [4.78, 5) is 16.5. The topological polar surface area (TPSA) is 97.3 Å². The van der Waals surface area contributed by atoms with Crippen molar-refractivity contribution in [1.82, 2.24) is 24.6 Å². The van der Waals surface area contributed by atoms with E-state index in [9.17, 15) is 0 Å². The van der Waals surface area contributed by atoms with Crippen LogP contribution in [0.15, 0.2) is 48.9 Å². The van der Waals surface area contributed by atoms with E-state index in [1.807, 2.05) is 55.3 Å². The average molecular weight is 441 g/mol. The second kappa shape index (κ2) is 7.52. The van der Waals surface area contributed by atoms with Crippen LogP contribution in [0.25, 0.3) is 16.8 Å². The molecule has 1 atom stereocenters. The summed E-state index contributed by atoms with van der Waals surface area (Å²) in [6, 6.07) is 10.3. The molecule has 4 aromatic rings. The van der Waals surface area contributed by atoms with Gasteiger partial charge in [-0.2, -0.15) is 5.10 Å². The number of rotatable bonds is 3. The van der Waals surface area contributed by atoms with Gasteiger partial charge in [0.05, 0.1) is 17.6 Å². The number of nitrogens with two attached hydrogens (primary N) is 1. The molecule has 0 bridgehead atoms. The van der Waals surface area contributed by atoms with Gasteiger partial charge in [-0.25, -0.2) is 14.5 Å². The Balaban J connectivity index is 1.31. The van der Waals surface area contributed by atoms with E-state index in [2.05, 4.69) is 37.4 Å². The van der Waals surface area contributed by atoms with E-state index in [1.165, 1.54) is 11.3 Å². The minimum Gasteiger partial charge on any atom is -0.373 e. The fraction of sp³-hybridized carbons (Fsp3) is 0.360. The van der Waals surface area contributed by atoms with Crippen LogP contribution in [-0.2, 0) is 6.42 Å². The number of aromatic nitrogens is 5. The molecule has 4 aromatic heterocycles. The molecule has 1 spiro atoms. The van der Waals surface area contributed by atoms with E-state index in [0.717, 1.165) is 66.5 Å². The highest BCUT2D eigenvalue weighted by Crippen LogP contribution is 2.50. The van der Waals surface area contributed by atoms with Crippen molar-refractivity contribution in [2.45, 2.75) is 32.2 Å². The number of piperidine rings is 1. The second-order valence-corrected chi connectivity index (χ2v) is 9.22. The predicted octanol–water partition coefficient (Wildman–Crippen LogP) is 3.38. The van der Waals surface area contributed by atoms with E-state index in [0.29, 0.717) is 0 Å². The predicted molar refractivity (Wildman–Crippen MR) is 129 cm³/mol. The van der Waals surface area contributed by atoms with Crippen molar-refractivity contribution in [3.63, 3.8) is 0 Å². The molecule has 33 heavy (non-hydrogen) atoms. The Morgan fingerprint density at radius 1 is 1.09 bits per heavy atom. The molecular weight excluding hydrogens is 412 g/mol. The van der Waals surface area contributed by atoms with Crippen LogP contribution in [-0.4, -0.2) is 44.7 Å². The van der Waals surface area contributed by atoms with Crippen molar-refractivity contribution in [1.29, 1.82) is 0 Å². The number of fused-ring (bicyclic) bond motifs is 2. The zero-order chi connectivity index (χ0) is 22.6. The SMILES string of the molecule is CNc1ccc(-c2c(C)nc(N3CCC4(CC3)Cc3ncccc3[C@H]4N)c3ccnn23)cn1. The first-order valence-electron chi connectivity index (χ1n) is 11.5. The van der Waals surface area contributed by atoms with Crippen LogP contribution in [0.3, 0.4) is 0 Å². The number of nitrogens with zero attached hydrogens (tertiary/aromatic N) is 6. The van der Waals surface area contributed by atoms with Gasteiger partial charge in [-0.05, 0) is 61.4 Å². The number of pyridine rings is 2. The van der Waals surface area contributed by atoms with E-state index in [4.69, 9.17) is 10.7 Å². The van der Waals surface area contributed by atoms with Crippen molar-refractivity contribution in [3.05, 3.63) is 65.9 Å². The van der Waals surface area contributed by atoms with Gasteiger partial charge in [0, 0.05) is 49.8 Å². The highest BCUT2D eigenvalue weighted by atomic mass is 15.3. The van der Waals surface area contributed by atoms with Gasteiger partial charge in [0.25, 0.3) is 0 Å². The van der Waals surface area contributed by atoms with Gasteiger partial charge >= 0.3 is 0 Å².